The van der Waals surface area contributed by atoms with Gasteiger partial charge in [-0.2, -0.15) is 0 Å². The predicted molar refractivity (Wildman–Crippen MR) is 64.8 cm³/mol. The lowest BCUT2D eigenvalue weighted by Crippen LogP contribution is -2.03. The Labute approximate surface area is 97.9 Å². The van der Waals surface area contributed by atoms with Crippen molar-refractivity contribution >= 4 is 11.3 Å². The molecule has 0 aliphatic carbocycles. The molecule has 2 aromatic rings. The van der Waals surface area contributed by atoms with E-state index in [0.29, 0.717) is 0 Å². The fourth-order valence-electron chi connectivity index (χ4n) is 1.55. The second-order valence-corrected chi connectivity index (χ2v) is 4.79. The molecule has 0 unspecified atom stereocenters. The third-order valence-corrected chi connectivity index (χ3v) is 3.74. The van der Waals surface area contributed by atoms with Crippen LogP contribution in [0, 0.1) is 12.7 Å². The molecule has 1 aromatic heterocycles. The maximum absolute atomic E-state index is 12.8. The Bertz CT molecular complexity index is 488. The van der Waals surface area contributed by atoms with Crippen molar-refractivity contribution in [2.75, 3.05) is 0 Å². The molecule has 1 atom stereocenters. The molecular weight excluding hydrogens is 223 g/mol. The maximum atomic E-state index is 12.8. The van der Waals surface area contributed by atoms with Crippen LogP contribution >= 0.6 is 11.3 Å². The Morgan fingerprint density at radius 3 is 2.44 bits per heavy atom. The van der Waals surface area contributed by atoms with Crippen LogP contribution < -0.4 is 5.73 Å². The summed E-state index contributed by atoms with van der Waals surface area (Å²) in [7, 11) is 0. The smallest absolute Gasteiger partial charge is 0.123 e. The average molecular weight is 236 g/mol. The summed E-state index contributed by atoms with van der Waals surface area (Å²) in [6.45, 7) is 3.89. The minimum atomic E-state index is -0.232. The highest BCUT2D eigenvalue weighted by Gasteiger charge is 2.12. The number of aromatic nitrogens is 1. The number of halogens is 1. The second-order valence-electron chi connectivity index (χ2n) is 3.76. The number of nitrogens with two attached hydrogens (primary N) is 1. The van der Waals surface area contributed by atoms with E-state index in [1.165, 1.54) is 12.1 Å². The zero-order chi connectivity index (χ0) is 11.7. The molecule has 2 N–H and O–H groups in total. The largest absolute Gasteiger partial charge is 0.323 e. The SMILES string of the molecule is Cc1nc(-c2ccc(F)cc2)sc1[C@@H](C)N. The first-order chi connectivity index (χ1) is 7.58. The van der Waals surface area contributed by atoms with Gasteiger partial charge in [0, 0.05) is 16.5 Å². The minimum Gasteiger partial charge on any atom is -0.323 e. The Balaban J connectivity index is 2.41. The van der Waals surface area contributed by atoms with E-state index in [-0.39, 0.29) is 11.9 Å². The van der Waals surface area contributed by atoms with E-state index in [2.05, 4.69) is 4.98 Å². The van der Waals surface area contributed by atoms with Crippen molar-refractivity contribution < 1.29 is 4.39 Å². The van der Waals surface area contributed by atoms with Crippen molar-refractivity contribution in [1.82, 2.24) is 4.98 Å². The quantitative estimate of drug-likeness (QED) is 0.869. The lowest BCUT2D eigenvalue weighted by atomic mass is 10.2. The highest BCUT2D eigenvalue weighted by atomic mass is 32.1. The molecule has 0 spiro atoms. The molecule has 0 fully saturated rings. The first-order valence-corrected chi connectivity index (χ1v) is 5.88. The zero-order valence-electron chi connectivity index (χ0n) is 9.20. The number of thiazole rings is 1. The third kappa shape index (κ3) is 2.13. The molecule has 0 saturated carbocycles. The monoisotopic (exact) mass is 236 g/mol. The zero-order valence-corrected chi connectivity index (χ0v) is 10.0. The number of nitrogens with zero attached hydrogens (tertiary/aromatic N) is 1. The Hall–Kier alpha value is -1.26. The van der Waals surface area contributed by atoms with E-state index in [1.807, 2.05) is 13.8 Å². The van der Waals surface area contributed by atoms with Crippen molar-refractivity contribution in [3.8, 4) is 10.6 Å². The average Bonchev–Trinajstić information content (AvgIpc) is 2.61. The minimum absolute atomic E-state index is 0.00769. The fraction of sp³-hybridized carbons (Fsp3) is 0.250. The van der Waals surface area contributed by atoms with Gasteiger partial charge in [-0.1, -0.05) is 0 Å². The molecule has 0 amide bonds. The molecule has 2 nitrogen and oxygen atoms in total. The highest BCUT2D eigenvalue weighted by Crippen LogP contribution is 2.30. The van der Waals surface area contributed by atoms with E-state index in [9.17, 15) is 4.39 Å². The molecular formula is C12H13FN2S. The Morgan fingerprint density at radius 2 is 1.94 bits per heavy atom. The second kappa shape index (κ2) is 4.31. The summed E-state index contributed by atoms with van der Waals surface area (Å²) in [5.74, 6) is -0.232. The molecule has 16 heavy (non-hydrogen) atoms. The van der Waals surface area contributed by atoms with Crippen LogP contribution in [-0.2, 0) is 0 Å². The molecule has 0 radical (unpaired) electrons. The van der Waals surface area contributed by atoms with E-state index < -0.39 is 0 Å². The number of aryl methyl sites for hydroxylation is 1. The van der Waals surface area contributed by atoms with Gasteiger partial charge in [-0.25, -0.2) is 9.37 Å². The summed E-state index contributed by atoms with van der Waals surface area (Å²) < 4.78 is 12.8. The van der Waals surface area contributed by atoms with Crippen LogP contribution in [0.2, 0.25) is 0 Å². The van der Waals surface area contributed by atoms with Gasteiger partial charge in [0.1, 0.15) is 10.8 Å². The van der Waals surface area contributed by atoms with E-state index in [0.717, 1.165) is 21.1 Å². The topological polar surface area (TPSA) is 38.9 Å². The van der Waals surface area contributed by atoms with Gasteiger partial charge >= 0.3 is 0 Å². The molecule has 84 valence electrons. The van der Waals surface area contributed by atoms with Gasteiger partial charge in [0.25, 0.3) is 0 Å². The molecule has 0 saturated heterocycles. The number of hydrogen-bond acceptors (Lipinski definition) is 3. The van der Waals surface area contributed by atoms with Crippen LogP contribution in [-0.4, -0.2) is 4.98 Å². The number of rotatable bonds is 2. The molecule has 1 aromatic carbocycles. The third-order valence-electron chi connectivity index (χ3n) is 2.34. The number of hydrogen-bond donors (Lipinski definition) is 1. The predicted octanol–water partition coefficient (Wildman–Crippen LogP) is 3.28. The molecule has 1 heterocycles. The van der Waals surface area contributed by atoms with Gasteiger partial charge in [0.05, 0.1) is 5.69 Å². The van der Waals surface area contributed by atoms with Crippen molar-refractivity contribution in [2.24, 2.45) is 5.73 Å². The summed E-state index contributed by atoms with van der Waals surface area (Å²) in [4.78, 5) is 5.53. The fourth-order valence-corrected chi connectivity index (χ4v) is 2.57. The first kappa shape index (κ1) is 11.2. The van der Waals surface area contributed by atoms with Crippen molar-refractivity contribution in [3.05, 3.63) is 40.7 Å². The van der Waals surface area contributed by atoms with Crippen molar-refractivity contribution in [3.63, 3.8) is 0 Å². The summed E-state index contributed by atoms with van der Waals surface area (Å²) >= 11 is 1.57. The van der Waals surface area contributed by atoms with Crippen LogP contribution in [0.5, 0.6) is 0 Å². The van der Waals surface area contributed by atoms with Crippen LogP contribution in [0.3, 0.4) is 0 Å². The van der Waals surface area contributed by atoms with Gasteiger partial charge in [0.2, 0.25) is 0 Å². The normalized spacial score (nSPS) is 12.8. The molecule has 0 bridgehead atoms. The van der Waals surface area contributed by atoms with Crippen LogP contribution in [0.15, 0.2) is 24.3 Å². The molecule has 4 heteroatoms. The molecule has 0 aliphatic rings. The highest BCUT2D eigenvalue weighted by molar-refractivity contribution is 7.15. The maximum Gasteiger partial charge on any atom is 0.123 e. The molecule has 2 rings (SSSR count). The first-order valence-electron chi connectivity index (χ1n) is 5.07. The standard InChI is InChI=1S/C12H13FN2S/c1-7(14)11-8(2)15-12(16-11)9-3-5-10(13)6-4-9/h3-7H,14H2,1-2H3/t7-/m1/s1. The van der Waals surface area contributed by atoms with Crippen LogP contribution in [0.1, 0.15) is 23.5 Å². The van der Waals surface area contributed by atoms with Gasteiger partial charge in [-0.15, -0.1) is 11.3 Å². The Kier molecular flexibility index (Phi) is 3.03. The Morgan fingerprint density at radius 1 is 1.31 bits per heavy atom. The lowest BCUT2D eigenvalue weighted by molar-refractivity contribution is 0.628. The van der Waals surface area contributed by atoms with E-state index in [1.54, 1.807) is 23.5 Å². The summed E-state index contributed by atoms with van der Waals surface area (Å²) in [6.07, 6.45) is 0. The van der Waals surface area contributed by atoms with Gasteiger partial charge < -0.3 is 5.73 Å². The summed E-state index contributed by atoms with van der Waals surface area (Å²) in [5, 5.41) is 0.893. The lowest BCUT2D eigenvalue weighted by Gasteiger charge is -1.99. The van der Waals surface area contributed by atoms with Crippen molar-refractivity contribution in [1.29, 1.82) is 0 Å². The summed E-state index contributed by atoms with van der Waals surface area (Å²) in [6, 6.07) is 6.35. The summed E-state index contributed by atoms with van der Waals surface area (Å²) in [5.41, 5.74) is 7.73. The van der Waals surface area contributed by atoms with Crippen LogP contribution in [0.4, 0.5) is 4.39 Å². The van der Waals surface area contributed by atoms with E-state index in [4.69, 9.17) is 5.73 Å². The number of benzene rings is 1. The van der Waals surface area contributed by atoms with E-state index >= 15 is 0 Å². The van der Waals surface area contributed by atoms with Gasteiger partial charge in [0.15, 0.2) is 0 Å². The van der Waals surface area contributed by atoms with Gasteiger partial charge in [-0.3, -0.25) is 0 Å². The van der Waals surface area contributed by atoms with Crippen LogP contribution in [0.25, 0.3) is 10.6 Å². The van der Waals surface area contributed by atoms with Gasteiger partial charge in [-0.05, 0) is 38.1 Å². The van der Waals surface area contributed by atoms with Crippen molar-refractivity contribution in [2.45, 2.75) is 19.9 Å². The molecule has 0 aliphatic heterocycles.